The zero-order valence-electron chi connectivity index (χ0n) is 11.8. The number of aromatic nitrogens is 6. The van der Waals surface area contributed by atoms with Crippen LogP contribution in [0.5, 0.6) is 0 Å². The van der Waals surface area contributed by atoms with Crippen LogP contribution < -0.4 is 5.32 Å². The van der Waals surface area contributed by atoms with Crippen LogP contribution in [0.4, 0.5) is 5.82 Å². The Bertz CT molecular complexity index is 776. The van der Waals surface area contributed by atoms with E-state index in [9.17, 15) is 4.79 Å². The molecule has 0 aliphatic heterocycles. The topological polar surface area (TPSA) is 90.0 Å². The van der Waals surface area contributed by atoms with E-state index in [1.54, 1.807) is 35.3 Å². The molecule has 1 unspecified atom stereocenters. The van der Waals surface area contributed by atoms with Gasteiger partial charge in [-0.25, -0.2) is 4.68 Å². The van der Waals surface area contributed by atoms with Crippen LogP contribution in [-0.4, -0.2) is 35.7 Å². The number of nitrogens with one attached hydrogen (secondary N) is 1. The van der Waals surface area contributed by atoms with Crippen molar-refractivity contribution in [2.75, 3.05) is 5.32 Å². The third-order valence-electron chi connectivity index (χ3n) is 3.37. The SMILES string of the molecule is CCC(C)n1nccc1NC(=O)c1ccc2nnnn2c1. The highest BCUT2D eigenvalue weighted by atomic mass is 16.1. The van der Waals surface area contributed by atoms with Crippen LogP contribution in [0.15, 0.2) is 30.6 Å². The lowest BCUT2D eigenvalue weighted by Crippen LogP contribution is -2.17. The van der Waals surface area contributed by atoms with Gasteiger partial charge < -0.3 is 5.32 Å². The molecule has 21 heavy (non-hydrogen) atoms. The van der Waals surface area contributed by atoms with Gasteiger partial charge in [0.1, 0.15) is 5.82 Å². The van der Waals surface area contributed by atoms with Crippen LogP contribution in [0.3, 0.4) is 0 Å². The Hall–Kier alpha value is -2.77. The average Bonchev–Trinajstić information content (AvgIpc) is 3.14. The number of carbonyl (C=O) groups is 1. The monoisotopic (exact) mass is 285 g/mol. The summed E-state index contributed by atoms with van der Waals surface area (Å²) >= 11 is 0. The standard InChI is InChI=1S/C13H15N7O/c1-3-9(2)20-11(6-7-14-20)15-13(21)10-4-5-12-16-17-18-19(12)8-10/h4-9H,3H2,1-2H3,(H,15,21). The first-order chi connectivity index (χ1) is 10.2. The Morgan fingerprint density at radius 2 is 2.24 bits per heavy atom. The van der Waals surface area contributed by atoms with E-state index in [4.69, 9.17) is 0 Å². The zero-order valence-corrected chi connectivity index (χ0v) is 11.8. The van der Waals surface area contributed by atoms with Crippen LogP contribution in [0, 0.1) is 0 Å². The number of fused-ring (bicyclic) bond motifs is 1. The highest BCUT2D eigenvalue weighted by molar-refractivity contribution is 6.03. The van der Waals surface area contributed by atoms with Gasteiger partial charge in [0.05, 0.1) is 17.8 Å². The molecular formula is C13H15N7O. The molecule has 0 saturated carbocycles. The molecule has 108 valence electrons. The van der Waals surface area contributed by atoms with Gasteiger partial charge >= 0.3 is 0 Å². The van der Waals surface area contributed by atoms with Crippen molar-refractivity contribution >= 4 is 17.4 Å². The molecule has 0 aromatic carbocycles. The first-order valence-corrected chi connectivity index (χ1v) is 6.71. The maximum absolute atomic E-state index is 12.3. The summed E-state index contributed by atoms with van der Waals surface area (Å²) in [6, 6.07) is 5.38. The van der Waals surface area contributed by atoms with Crippen LogP contribution >= 0.6 is 0 Å². The normalized spacial score (nSPS) is 12.5. The van der Waals surface area contributed by atoms with Crippen LogP contribution in [0.2, 0.25) is 0 Å². The van der Waals surface area contributed by atoms with E-state index in [0.29, 0.717) is 17.0 Å². The first-order valence-electron chi connectivity index (χ1n) is 6.71. The van der Waals surface area contributed by atoms with Crippen molar-refractivity contribution in [3.05, 3.63) is 36.2 Å². The molecule has 0 fully saturated rings. The minimum Gasteiger partial charge on any atom is -0.307 e. The van der Waals surface area contributed by atoms with Gasteiger partial charge in [0.15, 0.2) is 5.65 Å². The molecule has 3 aromatic heterocycles. The molecule has 1 N–H and O–H groups in total. The number of rotatable bonds is 4. The predicted octanol–water partition coefficient (Wildman–Crippen LogP) is 1.54. The summed E-state index contributed by atoms with van der Waals surface area (Å²) in [7, 11) is 0. The summed E-state index contributed by atoms with van der Waals surface area (Å²) in [6.07, 6.45) is 4.20. The number of hydrogen-bond acceptors (Lipinski definition) is 5. The molecule has 3 heterocycles. The molecule has 0 saturated heterocycles. The summed E-state index contributed by atoms with van der Waals surface area (Å²) in [4.78, 5) is 12.3. The van der Waals surface area contributed by atoms with E-state index in [0.717, 1.165) is 6.42 Å². The Balaban J connectivity index is 1.84. The van der Waals surface area contributed by atoms with Gasteiger partial charge in [0, 0.05) is 12.3 Å². The summed E-state index contributed by atoms with van der Waals surface area (Å²) < 4.78 is 3.26. The smallest absolute Gasteiger partial charge is 0.258 e. The minimum atomic E-state index is -0.225. The van der Waals surface area contributed by atoms with E-state index in [1.807, 2.05) is 0 Å². The molecule has 3 aromatic rings. The number of amides is 1. The van der Waals surface area contributed by atoms with Gasteiger partial charge in [0.2, 0.25) is 0 Å². The van der Waals surface area contributed by atoms with Crippen molar-refractivity contribution < 1.29 is 4.79 Å². The Labute approximate surface area is 120 Å². The van der Waals surface area contributed by atoms with Gasteiger partial charge in [0.25, 0.3) is 5.91 Å². The van der Waals surface area contributed by atoms with Crippen molar-refractivity contribution in [1.29, 1.82) is 0 Å². The molecule has 1 amide bonds. The van der Waals surface area contributed by atoms with Gasteiger partial charge in [-0.3, -0.25) is 4.79 Å². The summed E-state index contributed by atoms with van der Waals surface area (Å²) in [5.74, 6) is 0.448. The summed E-state index contributed by atoms with van der Waals surface area (Å²) in [6.45, 7) is 4.12. The second-order valence-electron chi connectivity index (χ2n) is 4.77. The van der Waals surface area contributed by atoms with E-state index in [2.05, 4.69) is 39.8 Å². The van der Waals surface area contributed by atoms with Crippen LogP contribution in [0.25, 0.3) is 5.65 Å². The molecule has 0 spiro atoms. The molecule has 8 heteroatoms. The van der Waals surface area contributed by atoms with E-state index < -0.39 is 0 Å². The van der Waals surface area contributed by atoms with Crippen LogP contribution in [0.1, 0.15) is 36.7 Å². The van der Waals surface area contributed by atoms with Gasteiger partial charge in [-0.05, 0) is 35.9 Å². The molecule has 0 aliphatic rings. The summed E-state index contributed by atoms with van der Waals surface area (Å²) in [5.41, 5.74) is 1.07. The number of pyridine rings is 1. The Morgan fingerprint density at radius 3 is 3.05 bits per heavy atom. The highest BCUT2D eigenvalue weighted by Gasteiger charge is 2.13. The molecule has 8 nitrogen and oxygen atoms in total. The van der Waals surface area contributed by atoms with Crippen molar-refractivity contribution in [2.24, 2.45) is 0 Å². The second-order valence-corrected chi connectivity index (χ2v) is 4.77. The fourth-order valence-corrected chi connectivity index (χ4v) is 2.00. The molecule has 0 aliphatic carbocycles. The van der Waals surface area contributed by atoms with Crippen molar-refractivity contribution in [3.8, 4) is 0 Å². The lowest BCUT2D eigenvalue weighted by atomic mass is 10.2. The number of carbonyl (C=O) groups excluding carboxylic acids is 1. The largest absolute Gasteiger partial charge is 0.307 e. The number of hydrogen-bond donors (Lipinski definition) is 1. The quantitative estimate of drug-likeness (QED) is 0.785. The molecule has 1 atom stereocenters. The first kappa shape index (κ1) is 13.2. The Kier molecular flexibility index (Phi) is 3.35. The molecule has 0 bridgehead atoms. The van der Waals surface area contributed by atoms with Crippen molar-refractivity contribution in [1.82, 2.24) is 29.8 Å². The lowest BCUT2D eigenvalue weighted by Gasteiger charge is -2.14. The second kappa shape index (κ2) is 5.31. The number of tetrazole rings is 1. The highest BCUT2D eigenvalue weighted by Crippen LogP contribution is 2.17. The number of anilines is 1. The fourth-order valence-electron chi connectivity index (χ4n) is 2.00. The van der Waals surface area contributed by atoms with E-state index in [1.165, 1.54) is 4.52 Å². The fraction of sp³-hybridized carbons (Fsp3) is 0.308. The lowest BCUT2D eigenvalue weighted by molar-refractivity contribution is 0.102. The van der Waals surface area contributed by atoms with Crippen molar-refractivity contribution in [3.63, 3.8) is 0 Å². The molecule has 3 rings (SSSR count). The predicted molar refractivity (Wildman–Crippen MR) is 76.0 cm³/mol. The van der Waals surface area contributed by atoms with Gasteiger partial charge in [-0.2, -0.15) is 9.61 Å². The third kappa shape index (κ3) is 2.47. The molecular weight excluding hydrogens is 270 g/mol. The molecule has 0 radical (unpaired) electrons. The summed E-state index contributed by atoms with van der Waals surface area (Å²) in [5, 5.41) is 18.2. The van der Waals surface area contributed by atoms with Gasteiger partial charge in [-0.1, -0.05) is 6.92 Å². The maximum Gasteiger partial charge on any atom is 0.258 e. The third-order valence-corrected chi connectivity index (χ3v) is 3.37. The van der Waals surface area contributed by atoms with Crippen molar-refractivity contribution in [2.45, 2.75) is 26.3 Å². The van der Waals surface area contributed by atoms with E-state index >= 15 is 0 Å². The zero-order chi connectivity index (χ0) is 14.8. The van der Waals surface area contributed by atoms with Crippen LogP contribution in [-0.2, 0) is 0 Å². The van der Waals surface area contributed by atoms with Gasteiger partial charge in [-0.15, -0.1) is 5.10 Å². The maximum atomic E-state index is 12.3. The Morgan fingerprint density at radius 1 is 1.38 bits per heavy atom. The minimum absolute atomic E-state index is 0.220. The van der Waals surface area contributed by atoms with E-state index in [-0.39, 0.29) is 11.9 Å². The average molecular weight is 285 g/mol. The number of nitrogens with zero attached hydrogens (tertiary/aromatic N) is 6.